The molecule has 5 aromatic carbocycles. The molecule has 8 rings (SSSR count). The van der Waals surface area contributed by atoms with Crippen LogP contribution in [-0.4, -0.2) is 4.98 Å². The third-order valence-corrected chi connectivity index (χ3v) is 9.39. The maximum atomic E-state index is 4.40. The SMILES string of the molecule is C1=Cc2c(/C=C/C=C\c3ccccc3)ccc(-c3cccc4c3-c3ccccc3C4(c3ccccc3)c3ccncc3)c2CC1. The van der Waals surface area contributed by atoms with Crippen molar-refractivity contribution in [3.05, 3.63) is 203 Å². The minimum absolute atomic E-state index is 0.431. The third kappa shape index (κ3) is 4.51. The highest BCUT2D eigenvalue weighted by molar-refractivity contribution is 5.97. The zero-order valence-corrected chi connectivity index (χ0v) is 25.1. The molecule has 1 heteroatoms. The second-order valence-corrected chi connectivity index (χ2v) is 11.8. The van der Waals surface area contributed by atoms with Crippen LogP contribution in [0.2, 0.25) is 0 Å². The quantitative estimate of drug-likeness (QED) is 0.180. The molecule has 2 aliphatic carbocycles. The number of rotatable bonds is 6. The number of nitrogens with zero attached hydrogens (tertiary/aromatic N) is 1. The second kappa shape index (κ2) is 11.5. The first-order valence-corrected chi connectivity index (χ1v) is 15.8. The van der Waals surface area contributed by atoms with E-state index in [0.29, 0.717) is 0 Å². The topological polar surface area (TPSA) is 12.9 Å². The number of fused-ring (bicyclic) bond motifs is 4. The van der Waals surface area contributed by atoms with E-state index in [9.17, 15) is 0 Å². The predicted molar refractivity (Wildman–Crippen MR) is 189 cm³/mol. The summed E-state index contributed by atoms with van der Waals surface area (Å²) in [5.74, 6) is 0. The highest BCUT2D eigenvalue weighted by atomic mass is 14.6. The highest BCUT2D eigenvalue weighted by Crippen LogP contribution is 2.58. The van der Waals surface area contributed by atoms with E-state index in [1.165, 1.54) is 66.8 Å². The normalized spacial score (nSPS) is 16.5. The van der Waals surface area contributed by atoms with Gasteiger partial charge in [0.15, 0.2) is 0 Å². The molecule has 0 radical (unpaired) electrons. The van der Waals surface area contributed by atoms with Crippen molar-refractivity contribution in [2.45, 2.75) is 18.3 Å². The Morgan fingerprint density at radius 1 is 0.556 bits per heavy atom. The minimum atomic E-state index is -0.431. The number of hydrogen-bond donors (Lipinski definition) is 0. The van der Waals surface area contributed by atoms with E-state index in [1.807, 2.05) is 12.4 Å². The number of allylic oxidation sites excluding steroid dienone is 3. The number of pyridine rings is 1. The van der Waals surface area contributed by atoms with Crippen molar-refractivity contribution in [3.63, 3.8) is 0 Å². The fraction of sp³-hybridized carbons (Fsp3) is 0.0682. The molecule has 45 heavy (non-hydrogen) atoms. The summed E-state index contributed by atoms with van der Waals surface area (Å²) in [6, 6.07) is 46.4. The lowest BCUT2D eigenvalue weighted by Crippen LogP contribution is -2.28. The largest absolute Gasteiger partial charge is 0.265 e. The van der Waals surface area contributed by atoms with Crippen LogP contribution in [0.1, 0.15) is 50.9 Å². The van der Waals surface area contributed by atoms with Gasteiger partial charge in [0.25, 0.3) is 0 Å². The summed E-state index contributed by atoms with van der Waals surface area (Å²) in [4.78, 5) is 4.40. The number of aromatic nitrogens is 1. The van der Waals surface area contributed by atoms with Crippen LogP contribution in [0.25, 0.3) is 40.5 Å². The molecule has 6 aromatic rings. The van der Waals surface area contributed by atoms with Crippen LogP contribution in [0.3, 0.4) is 0 Å². The highest BCUT2D eigenvalue weighted by Gasteiger charge is 2.46. The molecule has 1 heterocycles. The third-order valence-electron chi connectivity index (χ3n) is 9.39. The van der Waals surface area contributed by atoms with Gasteiger partial charge in [0.05, 0.1) is 5.41 Å². The van der Waals surface area contributed by atoms with Crippen molar-refractivity contribution in [2.75, 3.05) is 0 Å². The molecule has 0 saturated carbocycles. The molecule has 0 aliphatic heterocycles. The molecule has 2 aliphatic rings. The number of benzene rings is 5. The first-order valence-electron chi connectivity index (χ1n) is 15.8. The van der Waals surface area contributed by atoms with Crippen LogP contribution in [0.4, 0.5) is 0 Å². The maximum absolute atomic E-state index is 4.40. The molecular formula is C44H33N. The summed E-state index contributed by atoms with van der Waals surface area (Å²) in [6.45, 7) is 0. The van der Waals surface area contributed by atoms with E-state index < -0.39 is 5.41 Å². The van der Waals surface area contributed by atoms with E-state index >= 15 is 0 Å². The van der Waals surface area contributed by atoms with Gasteiger partial charge >= 0.3 is 0 Å². The number of hydrogen-bond acceptors (Lipinski definition) is 1. The maximum Gasteiger partial charge on any atom is 0.0714 e. The van der Waals surface area contributed by atoms with Crippen molar-refractivity contribution in [1.29, 1.82) is 0 Å². The minimum Gasteiger partial charge on any atom is -0.265 e. The van der Waals surface area contributed by atoms with Gasteiger partial charge in [0.2, 0.25) is 0 Å². The summed E-state index contributed by atoms with van der Waals surface area (Å²) in [5, 5.41) is 0. The Bertz CT molecular complexity index is 2040. The van der Waals surface area contributed by atoms with Crippen molar-refractivity contribution < 1.29 is 0 Å². The Labute approximate surface area is 265 Å². The molecule has 1 atom stereocenters. The lowest BCUT2D eigenvalue weighted by molar-refractivity contribution is 0.766. The van der Waals surface area contributed by atoms with Crippen molar-refractivity contribution in [1.82, 2.24) is 4.98 Å². The monoisotopic (exact) mass is 575 g/mol. The molecule has 0 bridgehead atoms. The molecule has 0 amide bonds. The van der Waals surface area contributed by atoms with E-state index in [-0.39, 0.29) is 0 Å². The molecule has 1 aromatic heterocycles. The molecule has 1 unspecified atom stereocenters. The van der Waals surface area contributed by atoms with Crippen molar-refractivity contribution in [3.8, 4) is 22.3 Å². The van der Waals surface area contributed by atoms with E-state index in [4.69, 9.17) is 0 Å². The zero-order chi connectivity index (χ0) is 30.1. The lowest BCUT2D eigenvalue weighted by atomic mass is 9.68. The Kier molecular flexibility index (Phi) is 6.93. The molecular weight excluding hydrogens is 542 g/mol. The van der Waals surface area contributed by atoms with Crippen LogP contribution in [0.5, 0.6) is 0 Å². The van der Waals surface area contributed by atoms with Crippen LogP contribution in [0.15, 0.2) is 158 Å². The fourth-order valence-corrected chi connectivity index (χ4v) is 7.50. The summed E-state index contributed by atoms with van der Waals surface area (Å²) in [7, 11) is 0. The Morgan fingerprint density at radius 3 is 2.09 bits per heavy atom. The van der Waals surface area contributed by atoms with Gasteiger partial charge in [-0.3, -0.25) is 4.98 Å². The van der Waals surface area contributed by atoms with Gasteiger partial charge in [-0.25, -0.2) is 0 Å². The average molecular weight is 576 g/mol. The van der Waals surface area contributed by atoms with Gasteiger partial charge in [-0.2, -0.15) is 0 Å². The van der Waals surface area contributed by atoms with Gasteiger partial charge in [-0.1, -0.05) is 152 Å². The van der Waals surface area contributed by atoms with Crippen LogP contribution in [-0.2, 0) is 11.8 Å². The van der Waals surface area contributed by atoms with E-state index in [0.717, 1.165) is 12.8 Å². The first-order chi connectivity index (χ1) is 22.4. The first kappa shape index (κ1) is 27.0. The Balaban J connectivity index is 1.32. The van der Waals surface area contributed by atoms with Crippen molar-refractivity contribution >= 4 is 18.2 Å². The molecule has 1 nitrogen and oxygen atoms in total. The standard InChI is InChI=1S/C44H33N/c1-3-14-32(15-4-1)16-7-8-17-33-26-27-38(37-21-10-9-20-36(33)37)39-23-13-25-42-43(39)40-22-11-12-24-41(40)44(42,34-18-5-2-6-19-34)35-28-30-45-31-29-35/h1-9,11-20,22-31H,10,21H2/b16-7-,17-8+. The second-order valence-electron chi connectivity index (χ2n) is 11.8. The predicted octanol–water partition coefficient (Wildman–Crippen LogP) is 10.8. The molecule has 214 valence electrons. The van der Waals surface area contributed by atoms with Crippen molar-refractivity contribution in [2.24, 2.45) is 0 Å². The molecule has 0 saturated heterocycles. The lowest BCUT2D eigenvalue weighted by Gasteiger charge is -2.33. The van der Waals surface area contributed by atoms with Gasteiger partial charge < -0.3 is 0 Å². The summed E-state index contributed by atoms with van der Waals surface area (Å²) >= 11 is 0. The summed E-state index contributed by atoms with van der Waals surface area (Å²) < 4.78 is 0. The van der Waals surface area contributed by atoms with Gasteiger partial charge in [-0.05, 0) is 91.7 Å². The van der Waals surface area contributed by atoms with Crippen LogP contribution < -0.4 is 0 Å². The smallest absolute Gasteiger partial charge is 0.0714 e. The fourth-order valence-electron chi connectivity index (χ4n) is 7.50. The zero-order valence-electron chi connectivity index (χ0n) is 25.1. The van der Waals surface area contributed by atoms with E-state index in [2.05, 4.69) is 169 Å². The summed E-state index contributed by atoms with van der Waals surface area (Å²) in [6.07, 6.45) is 19.3. The molecule has 0 spiro atoms. The van der Waals surface area contributed by atoms with E-state index in [1.54, 1.807) is 0 Å². The average Bonchev–Trinajstić information content (AvgIpc) is 3.43. The van der Waals surface area contributed by atoms with Gasteiger partial charge in [0.1, 0.15) is 0 Å². The Hall–Kier alpha value is -5.53. The van der Waals surface area contributed by atoms with Gasteiger partial charge in [-0.15, -0.1) is 0 Å². The Morgan fingerprint density at radius 2 is 1.24 bits per heavy atom. The van der Waals surface area contributed by atoms with Crippen LogP contribution in [0, 0.1) is 0 Å². The molecule has 0 N–H and O–H groups in total. The van der Waals surface area contributed by atoms with Gasteiger partial charge in [0, 0.05) is 12.4 Å². The van der Waals surface area contributed by atoms with Crippen LogP contribution >= 0.6 is 0 Å². The molecule has 0 fully saturated rings. The summed E-state index contributed by atoms with van der Waals surface area (Å²) in [5.41, 5.74) is 15.2.